The molecule has 0 saturated heterocycles. The molecule has 0 saturated carbocycles. The maximum atomic E-state index is 3.60. The molecule has 2 rings (SSSR count). The predicted molar refractivity (Wildman–Crippen MR) is 76.5 cm³/mol. The van der Waals surface area contributed by atoms with Crippen LogP contribution in [0.15, 0.2) is 48.7 Å². The Morgan fingerprint density at radius 3 is 2.50 bits per heavy atom. The molecule has 96 valence electrons. The lowest BCUT2D eigenvalue weighted by molar-refractivity contribution is 0.359. The molecule has 2 heteroatoms. The summed E-state index contributed by atoms with van der Waals surface area (Å²) >= 11 is 0. The Bertz CT molecular complexity index is 443. The van der Waals surface area contributed by atoms with Crippen molar-refractivity contribution >= 4 is 0 Å². The van der Waals surface area contributed by atoms with Gasteiger partial charge >= 0.3 is 0 Å². The molecule has 2 nitrogen and oxygen atoms in total. The average Bonchev–Trinajstić information content (AvgIpc) is 2.89. The van der Waals surface area contributed by atoms with E-state index in [-0.39, 0.29) is 5.54 Å². The van der Waals surface area contributed by atoms with Crippen LogP contribution in [0.3, 0.4) is 0 Å². The van der Waals surface area contributed by atoms with E-state index in [1.165, 1.54) is 11.3 Å². The van der Waals surface area contributed by atoms with Crippen LogP contribution in [0.4, 0.5) is 0 Å². The normalized spacial score (nSPS) is 11.7. The lowest BCUT2D eigenvalue weighted by Gasteiger charge is -2.26. The van der Waals surface area contributed by atoms with Gasteiger partial charge in [0.1, 0.15) is 0 Å². The monoisotopic (exact) mass is 242 g/mol. The van der Waals surface area contributed by atoms with Gasteiger partial charge in [-0.05, 0) is 44.4 Å². The van der Waals surface area contributed by atoms with Crippen molar-refractivity contribution in [2.24, 2.45) is 0 Å². The zero-order chi connectivity index (χ0) is 12.8. The Balaban J connectivity index is 1.80. The molecular weight excluding hydrogens is 220 g/mol. The third kappa shape index (κ3) is 4.04. The highest BCUT2D eigenvalue weighted by Gasteiger charge is 2.16. The summed E-state index contributed by atoms with van der Waals surface area (Å²) in [6.07, 6.45) is 4.22. The number of H-pyrrole nitrogens is 1. The van der Waals surface area contributed by atoms with Gasteiger partial charge in [-0.1, -0.05) is 30.3 Å². The number of hydrogen-bond donors (Lipinski definition) is 2. The van der Waals surface area contributed by atoms with E-state index in [1.54, 1.807) is 0 Å². The van der Waals surface area contributed by atoms with Gasteiger partial charge in [0.15, 0.2) is 0 Å². The minimum absolute atomic E-state index is 0.154. The second-order valence-electron chi connectivity index (χ2n) is 5.42. The topological polar surface area (TPSA) is 27.8 Å². The first-order valence-corrected chi connectivity index (χ1v) is 6.57. The van der Waals surface area contributed by atoms with Crippen molar-refractivity contribution < 1.29 is 0 Å². The van der Waals surface area contributed by atoms with E-state index in [4.69, 9.17) is 0 Å². The smallest absolute Gasteiger partial charge is 0.0361 e. The molecule has 0 aliphatic heterocycles. The number of hydrogen-bond acceptors (Lipinski definition) is 1. The molecule has 18 heavy (non-hydrogen) atoms. The van der Waals surface area contributed by atoms with E-state index >= 15 is 0 Å². The van der Waals surface area contributed by atoms with Crippen LogP contribution in [-0.4, -0.2) is 10.5 Å². The Morgan fingerprint density at radius 2 is 1.83 bits per heavy atom. The molecule has 0 bridgehead atoms. The van der Waals surface area contributed by atoms with Crippen LogP contribution >= 0.6 is 0 Å². The van der Waals surface area contributed by atoms with Crippen molar-refractivity contribution in [2.45, 2.75) is 38.8 Å². The summed E-state index contributed by atoms with van der Waals surface area (Å²) < 4.78 is 0. The van der Waals surface area contributed by atoms with E-state index in [0.29, 0.717) is 0 Å². The van der Waals surface area contributed by atoms with E-state index in [1.807, 2.05) is 12.3 Å². The van der Waals surface area contributed by atoms with E-state index in [0.717, 1.165) is 19.4 Å². The molecule has 0 radical (unpaired) electrons. The average molecular weight is 242 g/mol. The van der Waals surface area contributed by atoms with E-state index in [9.17, 15) is 0 Å². The Labute approximate surface area is 109 Å². The minimum Gasteiger partial charge on any atom is -0.364 e. The van der Waals surface area contributed by atoms with Crippen molar-refractivity contribution in [3.8, 4) is 0 Å². The fourth-order valence-electron chi connectivity index (χ4n) is 2.00. The first-order chi connectivity index (χ1) is 8.66. The van der Waals surface area contributed by atoms with E-state index in [2.05, 4.69) is 60.5 Å². The minimum atomic E-state index is 0.154. The first-order valence-electron chi connectivity index (χ1n) is 6.57. The van der Waals surface area contributed by atoms with Gasteiger partial charge in [-0.15, -0.1) is 0 Å². The first kappa shape index (κ1) is 12.9. The number of rotatable bonds is 6. The van der Waals surface area contributed by atoms with Gasteiger partial charge < -0.3 is 10.3 Å². The van der Waals surface area contributed by atoms with Gasteiger partial charge in [-0.25, -0.2) is 0 Å². The largest absolute Gasteiger partial charge is 0.364 e. The van der Waals surface area contributed by atoms with Crippen LogP contribution < -0.4 is 5.32 Å². The van der Waals surface area contributed by atoms with Gasteiger partial charge in [0.05, 0.1) is 0 Å². The zero-order valence-electron chi connectivity index (χ0n) is 11.2. The van der Waals surface area contributed by atoms with Gasteiger partial charge in [0, 0.05) is 24.0 Å². The summed E-state index contributed by atoms with van der Waals surface area (Å²) in [5.41, 5.74) is 2.80. The summed E-state index contributed by atoms with van der Waals surface area (Å²) in [7, 11) is 0. The summed E-state index contributed by atoms with van der Waals surface area (Å²) in [6, 6.07) is 14.8. The maximum absolute atomic E-state index is 3.60. The van der Waals surface area contributed by atoms with Crippen molar-refractivity contribution in [2.75, 3.05) is 0 Å². The molecular formula is C16H22N2. The Kier molecular flexibility index (Phi) is 4.21. The molecule has 1 aromatic heterocycles. The summed E-state index contributed by atoms with van der Waals surface area (Å²) in [6.45, 7) is 5.42. The van der Waals surface area contributed by atoms with E-state index < -0.39 is 0 Å². The second kappa shape index (κ2) is 5.87. The molecule has 0 aliphatic rings. The molecule has 0 fully saturated rings. The summed E-state index contributed by atoms with van der Waals surface area (Å²) in [4.78, 5) is 3.22. The maximum Gasteiger partial charge on any atom is 0.0361 e. The molecule has 1 aromatic carbocycles. The highest BCUT2D eigenvalue weighted by molar-refractivity contribution is 5.15. The van der Waals surface area contributed by atoms with Gasteiger partial charge in [-0.3, -0.25) is 0 Å². The number of aromatic amines is 1. The third-order valence-corrected chi connectivity index (χ3v) is 3.30. The summed E-state index contributed by atoms with van der Waals surface area (Å²) in [5, 5.41) is 3.60. The molecule has 2 N–H and O–H groups in total. The van der Waals surface area contributed by atoms with Gasteiger partial charge in [-0.2, -0.15) is 0 Å². The highest BCUT2D eigenvalue weighted by Crippen LogP contribution is 2.14. The van der Waals surface area contributed by atoms with Gasteiger partial charge in [0.2, 0.25) is 0 Å². The molecule has 0 amide bonds. The second-order valence-corrected chi connectivity index (χ2v) is 5.42. The number of aromatic nitrogens is 1. The number of nitrogens with one attached hydrogen (secondary N) is 2. The SMILES string of the molecule is CC(C)(CCc1ccccc1)NCc1ccc[nH]1. The molecule has 1 heterocycles. The van der Waals surface area contributed by atoms with Crippen LogP contribution in [0.2, 0.25) is 0 Å². The lowest BCUT2D eigenvalue weighted by atomic mass is 9.95. The molecule has 0 spiro atoms. The molecule has 0 unspecified atom stereocenters. The van der Waals surface area contributed by atoms with Crippen LogP contribution in [0.1, 0.15) is 31.5 Å². The molecule has 2 aromatic rings. The van der Waals surface area contributed by atoms with Crippen molar-refractivity contribution in [3.05, 3.63) is 59.9 Å². The summed E-state index contributed by atoms with van der Waals surface area (Å²) in [5.74, 6) is 0. The van der Waals surface area contributed by atoms with Crippen molar-refractivity contribution in [3.63, 3.8) is 0 Å². The van der Waals surface area contributed by atoms with Crippen molar-refractivity contribution in [1.29, 1.82) is 0 Å². The van der Waals surface area contributed by atoms with Crippen molar-refractivity contribution in [1.82, 2.24) is 10.3 Å². The van der Waals surface area contributed by atoms with Crippen LogP contribution in [0, 0.1) is 0 Å². The van der Waals surface area contributed by atoms with Crippen LogP contribution in [0.5, 0.6) is 0 Å². The quantitative estimate of drug-likeness (QED) is 0.797. The fraction of sp³-hybridized carbons (Fsp3) is 0.375. The highest BCUT2D eigenvalue weighted by atomic mass is 15.0. The third-order valence-electron chi connectivity index (χ3n) is 3.30. The lowest BCUT2D eigenvalue weighted by Crippen LogP contribution is -2.39. The Hall–Kier alpha value is -1.54. The standard InChI is InChI=1S/C16H22N2/c1-16(2,18-13-15-9-6-12-17-15)11-10-14-7-4-3-5-8-14/h3-9,12,17-18H,10-11,13H2,1-2H3. The number of aryl methyl sites for hydroxylation is 1. The molecule has 0 aliphatic carbocycles. The predicted octanol–water partition coefficient (Wildman–Crippen LogP) is 3.52. The van der Waals surface area contributed by atoms with Crippen LogP contribution in [-0.2, 0) is 13.0 Å². The zero-order valence-corrected chi connectivity index (χ0v) is 11.2. The number of benzene rings is 1. The Morgan fingerprint density at radius 1 is 1.06 bits per heavy atom. The fourth-order valence-corrected chi connectivity index (χ4v) is 2.00. The van der Waals surface area contributed by atoms with Crippen LogP contribution in [0.25, 0.3) is 0 Å². The van der Waals surface area contributed by atoms with Gasteiger partial charge in [0.25, 0.3) is 0 Å². The molecule has 0 atom stereocenters.